The highest BCUT2D eigenvalue weighted by molar-refractivity contribution is 9.10. The average Bonchev–Trinajstić information content (AvgIpc) is 2.33. The van der Waals surface area contributed by atoms with Crippen LogP contribution >= 0.6 is 15.9 Å². The van der Waals surface area contributed by atoms with Crippen LogP contribution in [-0.4, -0.2) is 17.1 Å². The molecular formula is C15H20BrNO2. The van der Waals surface area contributed by atoms with E-state index in [1.165, 1.54) is 12.8 Å². The molecule has 0 atom stereocenters. The fraction of sp³-hybridized carbons (Fsp3) is 0.533. The lowest BCUT2D eigenvalue weighted by molar-refractivity contribution is 0.0697. The van der Waals surface area contributed by atoms with E-state index in [0.717, 1.165) is 23.0 Å². The third-order valence-electron chi connectivity index (χ3n) is 3.91. The Balaban J connectivity index is 2.10. The van der Waals surface area contributed by atoms with E-state index in [9.17, 15) is 9.90 Å². The van der Waals surface area contributed by atoms with Crippen LogP contribution in [0.4, 0.5) is 5.69 Å². The normalized spacial score (nSPS) is 19.1. The molecule has 0 aromatic heterocycles. The van der Waals surface area contributed by atoms with Gasteiger partial charge in [0.05, 0.1) is 5.56 Å². The minimum Gasteiger partial charge on any atom is -0.478 e. The van der Waals surface area contributed by atoms with Crippen molar-refractivity contribution in [1.29, 1.82) is 0 Å². The predicted molar refractivity (Wildman–Crippen MR) is 80.8 cm³/mol. The fourth-order valence-electron chi connectivity index (χ4n) is 2.58. The van der Waals surface area contributed by atoms with Crippen LogP contribution in [0.15, 0.2) is 22.7 Å². The molecule has 1 aliphatic carbocycles. The molecule has 0 bridgehead atoms. The van der Waals surface area contributed by atoms with Crippen LogP contribution in [0.2, 0.25) is 0 Å². The standard InChI is InChI=1S/C15H20BrNO2/c1-15(2)7-5-11(6-8-15)17-13-4-3-10(16)9-12(13)14(18)19/h3-4,9,11,17H,5-8H2,1-2H3,(H,18,19). The number of anilines is 1. The zero-order valence-corrected chi connectivity index (χ0v) is 13.0. The van der Waals surface area contributed by atoms with Crippen LogP contribution in [0.25, 0.3) is 0 Å². The first-order valence-corrected chi connectivity index (χ1v) is 7.46. The van der Waals surface area contributed by atoms with E-state index in [0.29, 0.717) is 17.0 Å². The summed E-state index contributed by atoms with van der Waals surface area (Å²) < 4.78 is 0.792. The molecule has 2 rings (SSSR count). The maximum atomic E-state index is 11.3. The van der Waals surface area contributed by atoms with Crippen molar-refractivity contribution in [2.24, 2.45) is 5.41 Å². The molecule has 3 nitrogen and oxygen atoms in total. The van der Waals surface area contributed by atoms with Crippen molar-refractivity contribution in [3.63, 3.8) is 0 Å². The summed E-state index contributed by atoms with van der Waals surface area (Å²) in [5.41, 5.74) is 1.48. The van der Waals surface area contributed by atoms with Crippen molar-refractivity contribution in [2.75, 3.05) is 5.32 Å². The highest BCUT2D eigenvalue weighted by Crippen LogP contribution is 2.36. The maximum Gasteiger partial charge on any atom is 0.337 e. The molecule has 4 heteroatoms. The molecule has 1 aliphatic rings. The second-order valence-electron chi connectivity index (χ2n) is 6.08. The van der Waals surface area contributed by atoms with Gasteiger partial charge in [-0.15, -0.1) is 0 Å². The molecular weight excluding hydrogens is 306 g/mol. The summed E-state index contributed by atoms with van der Waals surface area (Å²) in [5, 5.41) is 12.6. The zero-order valence-electron chi connectivity index (χ0n) is 11.4. The lowest BCUT2D eigenvalue weighted by atomic mass is 9.75. The van der Waals surface area contributed by atoms with Gasteiger partial charge in [0.25, 0.3) is 0 Å². The van der Waals surface area contributed by atoms with Gasteiger partial charge in [0.1, 0.15) is 0 Å². The van der Waals surface area contributed by atoms with Gasteiger partial charge in [-0.1, -0.05) is 29.8 Å². The van der Waals surface area contributed by atoms with Gasteiger partial charge in [0, 0.05) is 16.2 Å². The molecule has 1 aromatic carbocycles. The lowest BCUT2D eigenvalue weighted by Crippen LogP contribution is -2.30. The number of aromatic carboxylic acids is 1. The van der Waals surface area contributed by atoms with Crippen molar-refractivity contribution in [3.05, 3.63) is 28.2 Å². The molecule has 0 spiro atoms. The number of carboxylic acids is 1. The quantitative estimate of drug-likeness (QED) is 0.858. The Morgan fingerprint density at radius 2 is 2.00 bits per heavy atom. The van der Waals surface area contributed by atoms with E-state index in [4.69, 9.17) is 0 Å². The van der Waals surface area contributed by atoms with Crippen LogP contribution in [0.5, 0.6) is 0 Å². The van der Waals surface area contributed by atoms with E-state index >= 15 is 0 Å². The first-order chi connectivity index (χ1) is 8.87. The third kappa shape index (κ3) is 3.72. The van der Waals surface area contributed by atoms with Gasteiger partial charge in [0.15, 0.2) is 0 Å². The van der Waals surface area contributed by atoms with Gasteiger partial charge in [-0.2, -0.15) is 0 Å². The Morgan fingerprint density at radius 3 is 2.58 bits per heavy atom. The molecule has 0 saturated heterocycles. The lowest BCUT2D eigenvalue weighted by Gasteiger charge is -2.35. The van der Waals surface area contributed by atoms with Crippen molar-refractivity contribution in [3.8, 4) is 0 Å². The smallest absolute Gasteiger partial charge is 0.337 e. The van der Waals surface area contributed by atoms with Gasteiger partial charge in [-0.3, -0.25) is 0 Å². The van der Waals surface area contributed by atoms with Gasteiger partial charge < -0.3 is 10.4 Å². The molecule has 19 heavy (non-hydrogen) atoms. The molecule has 0 amide bonds. The highest BCUT2D eigenvalue weighted by atomic mass is 79.9. The minimum atomic E-state index is -0.889. The topological polar surface area (TPSA) is 49.3 Å². The number of hydrogen-bond donors (Lipinski definition) is 2. The van der Waals surface area contributed by atoms with Crippen molar-refractivity contribution >= 4 is 27.6 Å². The summed E-state index contributed by atoms with van der Waals surface area (Å²) in [6.45, 7) is 4.59. The molecule has 2 N–H and O–H groups in total. The number of carboxylic acid groups (broad SMARTS) is 1. The Labute approximate surface area is 122 Å². The number of hydrogen-bond acceptors (Lipinski definition) is 2. The predicted octanol–water partition coefficient (Wildman–Crippen LogP) is 4.53. The number of rotatable bonds is 3. The van der Waals surface area contributed by atoms with E-state index in [1.807, 2.05) is 12.1 Å². The van der Waals surface area contributed by atoms with E-state index < -0.39 is 5.97 Å². The van der Waals surface area contributed by atoms with Gasteiger partial charge in [0.2, 0.25) is 0 Å². The molecule has 1 fully saturated rings. The van der Waals surface area contributed by atoms with Crippen LogP contribution < -0.4 is 5.32 Å². The Hall–Kier alpha value is -1.03. The molecule has 0 radical (unpaired) electrons. The van der Waals surface area contributed by atoms with Crippen molar-refractivity contribution in [2.45, 2.75) is 45.6 Å². The Kier molecular flexibility index (Phi) is 4.19. The largest absolute Gasteiger partial charge is 0.478 e. The summed E-state index contributed by atoms with van der Waals surface area (Å²) in [7, 11) is 0. The number of carbonyl (C=O) groups is 1. The molecule has 0 aliphatic heterocycles. The SMILES string of the molecule is CC1(C)CCC(Nc2ccc(Br)cc2C(=O)O)CC1. The Morgan fingerprint density at radius 1 is 1.37 bits per heavy atom. The van der Waals surface area contributed by atoms with Crippen LogP contribution in [0, 0.1) is 5.41 Å². The van der Waals surface area contributed by atoms with Crippen LogP contribution in [0.1, 0.15) is 49.9 Å². The molecule has 1 saturated carbocycles. The van der Waals surface area contributed by atoms with Crippen LogP contribution in [-0.2, 0) is 0 Å². The zero-order chi connectivity index (χ0) is 14.0. The number of halogens is 1. The van der Waals surface area contributed by atoms with E-state index in [-0.39, 0.29) is 0 Å². The van der Waals surface area contributed by atoms with Crippen molar-refractivity contribution in [1.82, 2.24) is 0 Å². The van der Waals surface area contributed by atoms with Gasteiger partial charge >= 0.3 is 5.97 Å². The molecule has 0 heterocycles. The number of nitrogens with one attached hydrogen (secondary N) is 1. The summed E-state index contributed by atoms with van der Waals surface area (Å²) in [4.78, 5) is 11.3. The number of benzene rings is 1. The average molecular weight is 326 g/mol. The monoisotopic (exact) mass is 325 g/mol. The Bertz CT molecular complexity index is 475. The first kappa shape index (κ1) is 14.4. The third-order valence-corrected chi connectivity index (χ3v) is 4.40. The van der Waals surface area contributed by atoms with Gasteiger partial charge in [-0.05, 0) is 49.3 Å². The van der Waals surface area contributed by atoms with Crippen LogP contribution in [0.3, 0.4) is 0 Å². The summed E-state index contributed by atoms with van der Waals surface area (Å²) in [5.74, 6) is -0.889. The summed E-state index contributed by atoms with van der Waals surface area (Å²) >= 11 is 3.31. The molecule has 0 unspecified atom stereocenters. The van der Waals surface area contributed by atoms with E-state index in [2.05, 4.69) is 35.1 Å². The van der Waals surface area contributed by atoms with Gasteiger partial charge in [-0.25, -0.2) is 4.79 Å². The second-order valence-corrected chi connectivity index (χ2v) is 6.99. The molecule has 1 aromatic rings. The van der Waals surface area contributed by atoms with Crippen molar-refractivity contribution < 1.29 is 9.90 Å². The highest BCUT2D eigenvalue weighted by Gasteiger charge is 2.27. The second kappa shape index (κ2) is 5.53. The van der Waals surface area contributed by atoms with E-state index in [1.54, 1.807) is 6.07 Å². The fourth-order valence-corrected chi connectivity index (χ4v) is 2.94. The first-order valence-electron chi connectivity index (χ1n) is 6.67. The summed E-state index contributed by atoms with van der Waals surface area (Å²) in [6.07, 6.45) is 4.57. The minimum absolute atomic E-state index is 0.333. The molecule has 104 valence electrons. The maximum absolute atomic E-state index is 11.3. The summed E-state index contributed by atoms with van der Waals surface area (Å²) in [6, 6.07) is 5.75.